The van der Waals surface area contributed by atoms with Crippen molar-refractivity contribution >= 4 is 0 Å². The summed E-state index contributed by atoms with van der Waals surface area (Å²) in [4.78, 5) is 0. The molecular weight excluding hydrogens is 296 g/mol. The van der Waals surface area contributed by atoms with Gasteiger partial charge in [0.05, 0.1) is 11.4 Å². The molecule has 0 fully saturated rings. The first-order chi connectivity index (χ1) is 11.8. The number of nitrogens with zero attached hydrogens (tertiary/aromatic N) is 4. The summed E-state index contributed by atoms with van der Waals surface area (Å²) in [6, 6.07) is 12.7. The van der Waals surface area contributed by atoms with Crippen LogP contribution < -0.4 is 0 Å². The van der Waals surface area contributed by atoms with Crippen LogP contribution in [-0.2, 0) is 13.1 Å². The van der Waals surface area contributed by atoms with E-state index in [0.29, 0.717) is 0 Å². The monoisotopic (exact) mass is 322 g/mol. The second-order valence-electron chi connectivity index (χ2n) is 6.22. The number of benzene rings is 1. The number of unbranched alkanes of at least 4 members (excludes halogenated alkanes) is 2. The predicted octanol–water partition coefficient (Wildman–Crippen LogP) is 5.01. The van der Waals surface area contributed by atoms with Crippen molar-refractivity contribution in [2.75, 3.05) is 0 Å². The van der Waals surface area contributed by atoms with Gasteiger partial charge in [0.2, 0.25) is 0 Å². The third kappa shape index (κ3) is 3.94. The summed E-state index contributed by atoms with van der Waals surface area (Å²) in [5.74, 6) is 0. The first kappa shape index (κ1) is 16.5. The summed E-state index contributed by atoms with van der Waals surface area (Å²) in [6.07, 6.45) is 8.83. The van der Waals surface area contributed by atoms with Crippen molar-refractivity contribution in [1.29, 1.82) is 0 Å². The molecule has 0 spiro atoms. The number of aryl methyl sites for hydroxylation is 2. The molecule has 0 atom stereocenters. The van der Waals surface area contributed by atoms with E-state index < -0.39 is 0 Å². The van der Waals surface area contributed by atoms with Crippen molar-refractivity contribution in [1.82, 2.24) is 19.6 Å². The van der Waals surface area contributed by atoms with E-state index in [0.717, 1.165) is 48.4 Å². The van der Waals surface area contributed by atoms with Crippen molar-refractivity contribution in [2.45, 2.75) is 52.6 Å². The van der Waals surface area contributed by atoms with Gasteiger partial charge in [-0.25, -0.2) is 0 Å². The van der Waals surface area contributed by atoms with Crippen molar-refractivity contribution in [3.8, 4) is 22.5 Å². The van der Waals surface area contributed by atoms with Crippen molar-refractivity contribution in [3.05, 3.63) is 48.8 Å². The third-order valence-electron chi connectivity index (χ3n) is 4.22. The summed E-state index contributed by atoms with van der Waals surface area (Å²) in [5.41, 5.74) is 4.34. The van der Waals surface area contributed by atoms with Gasteiger partial charge in [-0.3, -0.25) is 9.36 Å². The van der Waals surface area contributed by atoms with E-state index in [4.69, 9.17) is 0 Å². The standard InChI is InChI=1S/C20H26N4/c1-3-5-12-23-14-10-19(21-23)17-8-7-9-18(16-17)20-11-15-24(22-20)13-6-4-2/h7-11,14-16H,3-6,12-13H2,1-2H3. The van der Waals surface area contributed by atoms with E-state index in [-0.39, 0.29) is 0 Å². The van der Waals surface area contributed by atoms with Crippen LogP contribution in [0.3, 0.4) is 0 Å². The van der Waals surface area contributed by atoms with E-state index in [9.17, 15) is 0 Å². The van der Waals surface area contributed by atoms with Gasteiger partial charge >= 0.3 is 0 Å². The number of aromatic nitrogens is 4. The molecule has 0 saturated carbocycles. The van der Waals surface area contributed by atoms with E-state index in [1.807, 2.05) is 9.36 Å². The van der Waals surface area contributed by atoms with Crippen LogP contribution in [-0.4, -0.2) is 19.6 Å². The molecule has 0 radical (unpaired) electrons. The summed E-state index contributed by atoms with van der Waals surface area (Å²) in [7, 11) is 0. The molecule has 0 aliphatic rings. The maximum atomic E-state index is 4.69. The Labute approximate surface area is 144 Å². The Morgan fingerprint density at radius 3 is 1.71 bits per heavy atom. The molecule has 0 N–H and O–H groups in total. The minimum absolute atomic E-state index is 0.984. The molecule has 2 heterocycles. The Kier molecular flexibility index (Phi) is 5.47. The molecule has 0 saturated heterocycles. The van der Waals surface area contributed by atoms with Crippen LogP contribution in [0.1, 0.15) is 39.5 Å². The average molecular weight is 322 g/mol. The van der Waals surface area contributed by atoms with Crippen LogP contribution in [0.2, 0.25) is 0 Å². The van der Waals surface area contributed by atoms with Crippen molar-refractivity contribution in [3.63, 3.8) is 0 Å². The fraction of sp³-hybridized carbons (Fsp3) is 0.400. The van der Waals surface area contributed by atoms with E-state index in [2.05, 4.69) is 72.8 Å². The second kappa shape index (κ2) is 7.95. The van der Waals surface area contributed by atoms with Crippen LogP contribution in [0.15, 0.2) is 48.8 Å². The highest BCUT2D eigenvalue weighted by atomic mass is 15.3. The predicted molar refractivity (Wildman–Crippen MR) is 98.7 cm³/mol. The molecule has 3 aromatic rings. The second-order valence-corrected chi connectivity index (χ2v) is 6.22. The molecule has 3 rings (SSSR count). The fourth-order valence-corrected chi connectivity index (χ4v) is 2.76. The summed E-state index contributed by atoms with van der Waals surface area (Å²) >= 11 is 0. The van der Waals surface area contributed by atoms with Crippen LogP contribution in [0.5, 0.6) is 0 Å². The van der Waals surface area contributed by atoms with Crippen LogP contribution in [0.25, 0.3) is 22.5 Å². The van der Waals surface area contributed by atoms with Gasteiger partial charge in [-0.1, -0.05) is 44.9 Å². The Hall–Kier alpha value is -2.36. The van der Waals surface area contributed by atoms with Gasteiger partial charge in [0, 0.05) is 36.6 Å². The maximum absolute atomic E-state index is 4.69. The van der Waals surface area contributed by atoms with Gasteiger partial charge in [0.15, 0.2) is 0 Å². The zero-order valence-electron chi connectivity index (χ0n) is 14.7. The highest BCUT2D eigenvalue weighted by molar-refractivity contribution is 5.69. The molecule has 2 aromatic heterocycles. The SMILES string of the molecule is CCCCn1ccc(-c2cccc(-c3ccn(CCCC)n3)c2)n1. The highest BCUT2D eigenvalue weighted by Crippen LogP contribution is 2.24. The molecule has 0 bridgehead atoms. The summed E-state index contributed by atoms with van der Waals surface area (Å²) in [6.45, 7) is 6.37. The molecular formula is C20H26N4. The molecule has 0 aliphatic heterocycles. The Bertz CT molecular complexity index is 708. The van der Waals surface area contributed by atoms with Crippen molar-refractivity contribution < 1.29 is 0 Å². The Morgan fingerprint density at radius 2 is 1.25 bits per heavy atom. The lowest BCUT2D eigenvalue weighted by Crippen LogP contribution is -1.98. The van der Waals surface area contributed by atoms with Crippen LogP contribution >= 0.6 is 0 Å². The van der Waals surface area contributed by atoms with Gasteiger partial charge in [-0.15, -0.1) is 0 Å². The maximum Gasteiger partial charge on any atom is 0.0923 e. The minimum Gasteiger partial charge on any atom is -0.272 e. The van der Waals surface area contributed by atoms with E-state index in [1.54, 1.807) is 0 Å². The molecule has 1 aromatic carbocycles. The van der Waals surface area contributed by atoms with Gasteiger partial charge in [-0.05, 0) is 31.0 Å². The van der Waals surface area contributed by atoms with Gasteiger partial charge in [0.25, 0.3) is 0 Å². The number of hydrogen-bond acceptors (Lipinski definition) is 2. The minimum atomic E-state index is 0.984. The lowest BCUT2D eigenvalue weighted by molar-refractivity contribution is 0.573. The zero-order valence-corrected chi connectivity index (χ0v) is 14.7. The topological polar surface area (TPSA) is 35.6 Å². The quantitative estimate of drug-likeness (QED) is 0.584. The normalized spacial score (nSPS) is 11.1. The largest absolute Gasteiger partial charge is 0.272 e. The first-order valence-electron chi connectivity index (χ1n) is 8.98. The fourth-order valence-electron chi connectivity index (χ4n) is 2.76. The first-order valence-corrected chi connectivity index (χ1v) is 8.98. The lowest BCUT2D eigenvalue weighted by Gasteiger charge is -2.02. The Morgan fingerprint density at radius 1 is 0.750 bits per heavy atom. The molecule has 0 aliphatic carbocycles. The lowest BCUT2D eigenvalue weighted by atomic mass is 10.1. The van der Waals surface area contributed by atoms with Crippen LogP contribution in [0, 0.1) is 0 Å². The highest BCUT2D eigenvalue weighted by Gasteiger charge is 2.07. The smallest absolute Gasteiger partial charge is 0.0923 e. The van der Waals surface area contributed by atoms with E-state index in [1.165, 1.54) is 12.8 Å². The molecule has 0 amide bonds. The molecule has 0 unspecified atom stereocenters. The Balaban J connectivity index is 1.78. The molecule has 126 valence electrons. The number of hydrogen-bond donors (Lipinski definition) is 0. The van der Waals surface area contributed by atoms with Crippen LogP contribution in [0.4, 0.5) is 0 Å². The van der Waals surface area contributed by atoms with Gasteiger partial charge < -0.3 is 0 Å². The average Bonchev–Trinajstić information content (AvgIpc) is 3.28. The summed E-state index contributed by atoms with van der Waals surface area (Å²) in [5, 5.41) is 9.38. The molecule has 4 heteroatoms. The van der Waals surface area contributed by atoms with Gasteiger partial charge in [0.1, 0.15) is 0 Å². The van der Waals surface area contributed by atoms with Crippen molar-refractivity contribution in [2.24, 2.45) is 0 Å². The third-order valence-corrected chi connectivity index (χ3v) is 4.22. The molecule has 4 nitrogen and oxygen atoms in total. The number of rotatable bonds is 8. The molecule has 24 heavy (non-hydrogen) atoms. The van der Waals surface area contributed by atoms with E-state index >= 15 is 0 Å². The summed E-state index contributed by atoms with van der Waals surface area (Å²) < 4.78 is 4.07. The van der Waals surface area contributed by atoms with Gasteiger partial charge in [-0.2, -0.15) is 10.2 Å². The zero-order chi connectivity index (χ0) is 16.8.